The van der Waals surface area contributed by atoms with Gasteiger partial charge < -0.3 is 15.0 Å². The molecular formula is C17H20N2OS. The van der Waals surface area contributed by atoms with Crippen LogP contribution in [0.1, 0.15) is 0 Å². The molecule has 1 aliphatic heterocycles. The highest BCUT2D eigenvalue weighted by molar-refractivity contribution is 7.99. The summed E-state index contributed by atoms with van der Waals surface area (Å²) in [4.78, 5) is 5.01. The lowest BCUT2D eigenvalue weighted by atomic mass is 10.2. The van der Waals surface area contributed by atoms with Crippen molar-refractivity contribution >= 4 is 17.4 Å². The maximum absolute atomic E-state index is 5.21. The first kappa shape index (κ1) is 14.3. The van der Waals surface area contributed by atoms with Crippen LogP contribution in [0.5, 0.6) is 5.75 Å². The van der Waals surface area contributed by atoms with Gasteiger partial charge >= 0.3 is 0 Å². The molecule has 2 aromatic carbocycles. The molecule has 0 aliphatic carbocycles. The number of hydrogen-bond donors (Lipinski definition) is 1. The predicted molar refractivity (Wildman–Crippen MR) is 88.6 cm³/mol. The summed E-state index contributed by atoms with van der Waals surface area (Å²) in [6.45, 7) is 4.25. The maximum Gasteiger partial charge on any atom is 0.118 e. The molecule has 1 saturated heterocycles. The van der Waals surface area contributed by atoms with Gasteiger partial charge in [0.15, 0.2) is 0 Å². The van der Waals surface area contributed by atoms with Crippen molar-refractivity contribution in [1.29, 1.82) is 0 Å². The molecule has 1 heterocycles. The van der Waals surface area contributed by atoms with E-state index in [1.54, 1.807) is 7.11 Å². The maximum atomic E-state index is 5.21. The molecule has 0 unspecified atom stereocenters. The number of piperazine rings is 1. The van der Waals surface area contributed by atoms with Gasteiger partial charge in [0, 0.05) is 36.0 Å². The second kappa shape index (κ2) is 6.87. The van der Waals surface area contributed by atoms with Crippen molar-refractivity contribution in [3.8, 4) is 5.75 Å². The lowest BCUT2D eigenvalue weighted by Gasteiger charge is -2.31. The number of ether oxygens (including phenoxy) is 1. The van der Waals surface area contributed by atoms with Gasteiger partial charge in [-0.3, -0.25) is 0 Å². The molecule has 3 rings (SSSR count). The van der Waals surface area contributed by atoms with Crippen LogP contribution in [-0.2, 0) is 0 Å². The largest absolute Gasteiger partial charge is 0.497 e. The van der Waals surface area contributed by atoms with Gasteiger partial charge in [-0.05, 0) is 36.4 Å². The van der Waals surface area contributed by atoms with Crippen LogP contribution >= 0.6 is 11.8 Å². The summed E-state index contributed by atoms with van der Waals surface area (Å²) in [7, 11) is 1.70. The second-order valence-electron chi connectivity index (χ2n) is 4.98. The van der Waals surface area contributed by atoms with Gasteiger partial charge in [0.2, 0.25) is 0 Å². The minimum absolute atomic E-state index is 0.898. The first-order chi connectivity index (χ1) is 10.4. The predicted octanol–water partition coefficient (Wildman–Crippen LogP) is 3.26. The smallest absolute Gasteiger partial charge is 0.118 e. The molecule has 0 saturated carbocycles. The third-order valence-electron chi connectivity index (χ3n) is 3.61. The Balaban J connectivity index is 1.80. The van der Waals surface area contributed by atoms with Crippen LogP contribution < -0.4 is 15.0 Å². The molecule has 21 heavy (non-hydrogen) atoms. The Morgan fingerprint density at radius 3 is 2.43 bits per heavy atom. The van der Waals surface area contributed by atoms with Crippen LogP contribution in [0.3, 0.4) is 0 Å². The fourth-order valence-electron chi connectivity index (χ4n) is 2.48. The third-order valence-corrected chi connectivity index (χ3v) is 4.68. The van der Waals surface area contributed by atoms with E-state index in [1.165, 1.54) is 15.5 Å². The molecule has 0 atom stereocenters. The molecule has 1 fully saturated rings. The van der Waals surface area contributed by atoms with Crippen molar-refractivity contribution in [2.24, 2.45) is 0 Å². The molecule has 0 bridgehead atoms. The number of nitrogens with zero attached hydrogens (tertiary/aromatic N) is 1. The summed E-state index contributed by atoms with van der Waals surface area (Å²) in [5, 5.41) is 3.40. The van der Waals surface area contributed by atoms with Crippen LogP contribution in [-0.4, -0.2) is 33.3 Å². The van der Waals surface area contributed by atoms with E-state index in [9.17, 15) is 0 Å². The van der Waals surface area contributed by atoms with Gasteiger partial charge in [-0.1, -0.05) is 23.9 Å². The van der Waals surface area contributed by atoms with Gasteiger partial charge in [0.05, 0.1) is 12.8 Å². The highest BCUT2D eigenvalue weighted by atomic mass is 32.2. The summed E-state index contributed by atoms with van der Waals surface area (Å²) in [5.74, 6) is 0.898. The van der Waals surface area contributed by atoms with Crippen LogP contribution in [0, 0.1) is 0 Å². The van der Waals surface area contributed by atoms with E-state index < -0.39 is 0 Å². The van der Waals surface area contributed by atoms with Crippen LogP contribution in [0.4, 0.5) is 5.69 Å². The summed E-state index contributed by atoms with van der Waals surface area (Å²) >= 11 is 1.81. The Bertz CT molecular complexity index is 580. The zero-order valence-corrected chi connectivity index (χ0v) is 13.0. The summed E-state index contributed by atoms with van der Waals surface area (Å²) in [6.07, 6.45) is 0. The SMILES string of the molecule is COc1ccc(Sc2ccccc2N2CCNCC2)cc1. The zero-order valence-electron chi connectivity index (χ0n) is 12.2. The van der Waals surface area contributed by atoms with E-state index in [-0.39, 0.29) is 0 Å². The number of anilines is 1. The highest BCUT2D eigenvalue weighted by Gasteiger charge is 2.14. The molecule has 4 heteroatoms. The normalized spacial score (nSPS) is 15.0. The van der Waals surface area contributed by atoms with Crippen molar-refractivity contribution in [3.05, 3.63) is 48.5 Å². The number of para-hydroxylation sites is 1. The number of rotatable bonds is 4. The van der Waals surface area contributed by atoms with Crippen LogP contribution in [0.25, 0.3) is 0 Å². The first-order valence-electron chi connectivity index (χ1n) is 7.23. The van der Waals surface area contributed by atoms with Crippen LogP contribution in [0.2, 0.25) is 0 Å². The van der Waals surface area contributed by atoms with E-state index in [4.69, 9.17) is 4.74 Å². The topological polar surface area (TPSA) is 24.5 Å². The van der Waals surface area contributed by atoms with Crippen molar-refractivity contribution in [1.82, 2.24) is 5.32 Å². The molecule has 1 aliphatic rings. The molecule has 3 nitrogen and oxygen atoms in total. The van der Waals surface area contributed by atoms with E-state index in [0.29, 0.717) is 0 Å². The van der Waals surface area contributed by atoms with Crippen molar-refractivity contribution in [2.45, 2.75) is 9.79 Å². The molecule has 0 amide bonds. The van der Waals surface area contributed by atoms with Crippen molar-refractivity contribution in [3.63, 3.8) is 0 Å². The minimum Gasteiger partial charge on any atom is -0.497 e. The fourth-order valence-corrected chi connectivity index (χ4v) is 3.46. The van der Waals surface area contributed by atoms with E-state index >= 15 is 0 Å². The zero-order chi connectivity index (χ0) is 14.5. The Morgan fingerprint density at radius 2 is 1.71 bits per heavy atom. The second-order valence-corrected chi connectivity index (χ2v) is 6.10. The average molecular weight is 300 g/mol. The molecule has 1 N–H and O–H groups in total. The molecule has 110 valence electrons. The quantitative estimate of drug-likeness (QED) is 0.937. The molecule has 2 aromatic rings. The Kier molecular flexibility index (Phi) is 4.68. The molecule has 0 radical (unpaired) electrons. The number of methoxy groups -OCH3 is 1. The Labute approximate surface area is 130 Å². The highest BCUT2D eigenvalue weighted by Crippen LogP contribution is 2.36. The van der Waals surface area contributed by atoms with Gasteiger partial charge in [0.25, 0.3) is 0 Å². The van der Waals surface area contributed by atoms with E-state index in [0.717, 1.165) is 31.9 Å². The average Bonchev–Trinajstić information content (AvgIpc) is 2.57. The minimum atomic E-state index is 0.898. The van der Waals surface area contributed by atoms with E-state index in [2.05, 4.69) is 46.6 Å². The van der Waals surface area contributed by atoms with Gasteiger partial charge in [-0.2, -0.15) is 0 Å². The number of nitrogens with one attached hydrogen (secondary N) is 1. The first-order valence-corrected chi connectivity index (χ1v) is 8.05. The summed E-state index contributed by atoms with van der Waals surface area (Å²) in [6, 6.07) is 16.9. The standard InChI is InChI=1S/C17H20N2OS/c1-20-14-6-8-15(9-7-14)21-17-5-3-2-4-16(17)19-12-10-18-11-13-19/h2-9,18H,10-13H2,1H3. The number of hydrogen-bond acceptors (Lipinski definition) is 4. The lowest BCUT2D eigenvalue weighted by Crippen LogP contribution is -2.43. The van der Waals surface area contributed by atoms with Gasteiger partial charge in [-0.15, -0.1) is 0 Å². The summed E-state index contributed by atoms with van der Waals surface area (Å²) < 4.78 is 5.21. The number of benzene rings is 2. The van der Waals surface area contributed by atoms with Crippen LogP contribution in [0.15, 0.2) is 58.3 Å². The molecule has 0 spiro atoms. The Morgan fingerprint density at radius 1 is 1.00 bits per heavy atom. The monoisotopic (exact) mass is 300 g/mol. The summed E-state index contributed by atoms with van der Waals surface area (Å²) in [5.41, 5.74) is 1.33. The lowest BCUT2D eigenvalue weighted by molar-refractivity contribution is 0.414. The van der Waals surface area contributed by atoms with Gasteiger partial charge in [-0.25, -0.2) is 0 Å². The molecule has 0 aromatic heterocycles. The fraction of sp³-hybridized carbons (Fsp3) is 0.294. The molecular weight excluding hydrogens is 280 g/mol. The van der Waals surface area contributed by atoms with Crippen molar-refractivity contribution in [2.75, 3.05) is 38.2 Å². The third kappa shape index (κ3) is 3.52. The van der Waals surface area contributed by atoms with Gasteiger partial charge in [0.1, 0.15) is 5.75 Å². The van der Waals surface area contributed by atoms with E-state index in [1.807, 2.05) is 23.9 Å². The van der Waals surface area contributed by atoms with Crippen molar-refractivity contribution < 1.29 is 4.74 Å². The Hall–Kier alpha value is -1.65.